The molecule has 1 unspecified atom stereocenters. The summed E-state index contributed by atoms with van der Waals surface area (Å²) in [4.78, 5) is 0. The third-order valence-electron chi connectivity index (χ3n) is 4.03. The summed E-state index contributed by atoms with van der Waals surface area (Å²) in [6.07, 6.45) is 3.94. The first-order valence-corrected chi connectivity index (χ1v) is 7.58. The minimum atomic E-state index is -0.246. The molecule has 0 saturated carbocycles. The van der Waals surface area contributed by atoms with E-state index in [2.05, 4.69) is 40.4 Å². The van der Waals surface area contributed by atoms with Crippen molar-refractivity contribution in [2.24, 2.45) is 11.1 Å². The van der Waals surface area contributed by atoms with Gasteiger partial charge in [-0.1, -0.05) is 13.8 Å². The zero-order valence-electron chi connectivity index (χ0n) is 11.7. The topological polar surface area (TPSA) is 30.9 Å². The lowest BCUT2D eigenvalue weighted by Gasteiger charge is -2.34. The number of nitrogens with zero attached hydrogens (tertiary/aromatic N) is 1. The largest absolute Gasteiger partial charge is 0.324 e. The van der Waals surface area contributed by atoms with E-state index in [0.717, 1.165) is 18.5 Å². The van der Waals surface area contributed by atoms with Crippen molar-refractivity contribution >= 4 is 15.9 Å². The van der Waals surface area contributed by atoms with Crippen molar-refractivity contribution in [1.82, 2.24) is 4.57 Å². The monoisotopic (exact) mass is 336 g/mol. The maximum absolute atomic E-state index is 13.7. The number of halogens is 2. The molecule has 2 nitrogen and oxygen atoms in total. The van der Waals surface area contributed by atoms with E-state index in [1.165, 1.54) is 11.3 Å². The summed E-state index contributed by atoms with van der Waals surface area (Å²) in [5, 5.41) is 0. The fourth-order valence-corrected chi connectivity index (χ4v) is 3.36. The fraction of sp³-hybridized carbons (Fsp3) is 0.375. The summed E-state index contributed by atoms with van der Waals surface area (Å²) in [6.45, 7) is 4.46. The predicted molar refractivity (Wildman–Crippen MR) is 82.5 cm³/mol. The Morgan fingerprint density at radius 2 is 2.10 bits per heavy atom. The molecule has 1 atom stereocenters. The highest BCUT2D eigenvalue weighted by atomic mass is 79.9. The van der Waals surface area contributed by atoms with Crippen LogP contribution in [0.1, 0.15) is 37.6 Å². The lowest BCUT2D eigenvalue weighted by atomic mass is 9.74. The highest BCUT2D eigenvalue weighted by molar-refractivity contribution is 9.10. The van der Waals surface area contributed by atoms with Crippen LogP contribution in [0.5, 0.6) is 0 Å². The van der Waals surface area contributed by atoms with Crippen LogP contribution >= 0.6 is 15.9 Å². The van der Waals surface area contributed by atoms with Crippen LogP contribution in [0.25, 0.3) is 5.69 Å². The Hall–Kier alpha value is -1.13. The van der Waals surface area contributed by atoms with E-state index in [-0.39, 0.29) is 17.3 Å². The van der Waals surface area contributed by atoms with E-state index >= 15 is 0 Å². The van der Waals surface area contributed by atoms with Crippen molar-refractivity contribution in [2.45, 2.75) is 32.7 Å². The molecule has 0 aliphatic heterocycles. The van der Waals surface area contributed by atoms with Gasteiger partial charge in [0.05, 0.1) is 4.47 Å². The van der Waals surface area contributed by atoms with E-state index in [1.54, 1.807) is 12.1 Å². The smallest absolute Gasteiger partial charge is 0.139 e. The molecule has 0 bridgehead atoms. The summed E-state index contributed by atoms with van der Waals surface area (Å²) in [6, 6.07) is 7.34. The normalized spacial score (nSPS) is 20.8. The minimum absolute atomic E-state index is 0.0651. The second-order valence-electron chi connectivity index (χ2n) is 6.34. The maximum atomic E-state index is 13.7. The molecule has 20 heavy (non-hydrogen) atoms. The molecule has 0 fully saturated rings. The molecule has 0 spiro atoms. The average molecular weight is 337 g/mol. The van der Waals surface area contributed by atoms with Crippen LogP contribution in [-0.2, 0) is 6.42 Å². The van der Waals surface area contributed by atoms with Crippen LogP contribution in [0.15, 0.2) is 34.9 Å². The van der Waals surface area contributed by atoms with E-state index in [0.29, 0.717) is 4.47 Å². The standard InChI is InChI=1S/C16H18BrFN2/c1-16(2)8-14(19)11-5-6-20(15(11)9-16)10-3-4-12(17)13(18)7-10/h3-7,14H,8-9,19H2,1-2H3. The van der Waals surface area contributed by atoms with Gasteiger partial charge in [-0.2, -0.15) is 0 Å². The van der Waals surface area contributed by atoms with Crippen molar-refractivity contribution in [3.8, 4) is 5.69 Å². The Balaban J connectivity index is 2.10. The van der Waals surface area contributed by atoms with Gasteiger partial charge >= 0.3 is 0 Å². The highest BCUT2D eigenvalue weighted by Crippen LogP contribution is 2.40. The lowest BCUT2D eigenvalue weighted by Crippen LogP contribution is -2.30. The van der Waals surface area contributed by atoms with Crippen LogP contribution in [0.3, 0.4) is 0 Å². The Kier molecular flexibility index (Phi) is 3.26. The first-order valence-electron chi connectivity index (χ1n) is 6.78. The van der Waals surface area contributed by atoms with Gasteiger partial charge in [0.25, 0.3) is 0 Å². The lowest BCUT2D eigenvalue weighted by molar-refractivity contribution is 0.278. The van der Waals surface area contributed by atoms with Crippen molar-refractivity contribution in [1.29, 1.82) is 0 Å². The number of rotatable bonds is 1. The van der Waals surface area contributed by atoms with Gasteiger partial charge < -0.3 is 10.3 Å². The summed E-state index contributed by atoms with van der Waals surface area (Å²) >= 11 is 3.19. The maximum Gasteiger partial charge on any atom is 0.139 e. The molecule has 2 aromatic rings. The van der Waals surface area contributed by atoms with Crippen LogP contribution in [0.2, 0.25) is 0 Å². The Morgan fingerprint density at radius 3 is 2.80 bits per heavy atom. The zero-order chi connectivity index (χ0) is 14.5. The van der Waals surface area contributed by atoms with Crippen LogP contribution in [0, 0.1) is 11.2 Å². The summed E-state index contributed by atoms with van der Waals surface area (Å²) in [5.41, 5.74) is 9.69. The molecule has 4 heteroatoms. The van der Waals surface area contributed by atoms with E-state index < -0.39 is 0 Å². The molecule has 1 aliphatic rings. The molecule has 1 aromatic heterocycles. The van der Waals surface area contributed by atoms with Gasteiger partial charge in [-0.05, 0) is 64.0 Å². The molecule has 106 valence electrons. The number of nitrogens with two attached hydrogens (primary N) is 1. The minimum Gasteiger partial charge on any atom is -0.324 e. The summed E-state index contributed by atoms with van der Waals surface area (Å²) < 4.78 is 16.3. The van der Waals surface area contributed by atoms with Crippen LogP contribution < -0.4 is 5.73 Å². The van der Waals surface area contributed by atoms with Gasteiger partial charge in [0.1, 0.15) is 5.82 Å². The van der Waals surface area contributed by atoms with Gasteiger partial charge in [-0.15, -0.1) is 0 Å². The number of hydrogen-bond acceptors (Lipinski definition) is 1. The van der Waals surface area contributed by atoms with Crippen molar-refractivity contribution in [3.63, 3.8) is 0 Å². The summed E-state index contributed by atoms with van der Waals surface area (Å²) in [5.74, 6) is -0.246. The van der Waals surface area contributed by atoms with Crippen molar-refractivity contribution < 1.29 is 4.39 Å². The molecule has 1 aliphatic carbocycles. The first-order chi connectivity index (χ1) is 9.37. The molecule has 2 N–H and O–H groups in total. The quantitative estimate of drug-likeness (QED) is 0.824. The molecule has 1 heterocycles. The second kappa shape index (κ2) is 4.71. The average Bonchev–Trinajstić information content (AvgIpc) is 2.75. The second-order valence-corrected chi connectivity index (χ2v) is 7.19. The van der Waals surface area contributed by atoms with Gasteiger partial charge in [0, 0.05) is 23.6 Å². The molecular weight excluding hydrogens is 319 g/mol. The highest BCUT2D eigenvalue weighted by Gasteiger charge is 2.32. The first kappa shape index (κ1) is 13.8. The summed E-state index contributed by atoms with van der Waals surface area (Å²) in [7, 11) is 0. The van der Waals surface area contributed by atoms with E-state index in [4.69, 9.17) is 5.73 Å². The number of aromatic nitrogens is 1. The molecule has 0 radical (unpaired) electrons. The Bertz CT molecular complexity index is 660. The molecule has 0 saturated heterocycles. The van der Waals surface area contributed by atoms with E-state index in [9.17, 15) is 4.39 Å². The van der Waals surface area contributed by atoms with Crippen molar-refractivity contribution in [2.75, 3.05) is 0 Å². The van der Waals surface area contributed by atoms with Gasteiger partial charge in [0.15, 0.2) is 0 Å². The fourth-order valence-electron chi connectivity index (χ4n) is 3.11. The third kappa shape index (κ3) is 2.31. The zero-order valence-corrected chi connectivity index (χ0v) is 13.2. The SMILES string of the molecule is CC1(C)Cc2c(ccn2-c2ccc(Br)c(F)c2)C(N)C1. The molecule has 1 aromatic carbocycles. The number of fused-ring (bicyclic) bond motifs is 1. The molecular formula is C16H18BrFN2. The van der Waals surface area contributed by atoms with Gasteiger partial charge in [-0.25, -0.2) is 4.39 Å². The van der Waals surface area contributed by atoms with Crippen LogP contribution in [-0.4, -0.2) is 4.57 Å². The van der Waals surface area contributed by atoms with Gasteiger partial charge in [0.2, 0.25) is 0 Å². The van der Waals surface area contributed by atoms with Crippen LogP contribution in [0.4, 0.5) is 4.39 Å². The number of benzene rings is 1. The molecule has 0 amide bonds. The van der Waals surface area contributed by atoms with Crippen molar-refractivity contribution in [3.05, 3.63) is 52.0 Å². The van der Waals surface area contributed by atoms with E-state index in [1.807, 2.05) is 12.3 Å². The molecule has 3 rings (SSSR count). The van der Waals surface area contributed by atoms with Gasteiger partial charge in [-0.3, -0.25) is 0 Å². The predicted octanol–water partition coefficient (Wildman–Crippen LogP) is 4.35. The Labute approximate surface area is 126 Å². The Morgan fingerprint density at radius 1 is 1.35 bits per heavy atom. The number of hydrogen-bond donors (Lipinski definition) is 1. The third-order valence-corrected chi connectivity index (χ3v) is 4.67.